The van der Waals surface area contributed by atoms with Gasteiger partial charge in [-0.2, -0.15) is 10.1 Å². The summed E-state index contributed by atoms with van der Waals surface area (Å²) in [4.78, 5) is 24.7. The van der Waals surface area contributed by atoms with Gasteiger partial charge in [-0.3, -0.25) is 10.00 Å². The van der Waals surface area contributed by atoms with Gasteiger partial charge in [0.25, 0.3) is 0 Å². The van der Waals surface area contributed by atoms with Crippen LogP contribution < -0.4 is 10.1 Å². The van der Waals surface area contributed by atoms with E-state index in [1.165, 1.54) is 7.11 Å². The first-order valence-electron chi connectivity index (χ1n) is 10.8. The standard InChI is InChI=1S/C23H28FN7O3/c1-23(2)18-15(19(29-28-18)26-20-16(24)11-25-21(27-20)33-5)12-31(23)22(32)34-17(13-30(3)4)14-9-7-6-8-10-14/h6-11,17H,12-13H2,1-5H3,(H2,25,26,27,28,29). The molecule has 180 valence electrons. The Balaban J connectivity index is 1.56. The van der Waals surface area contributed by atoms with Crippen LogP contribution in [0.4, 0.5) is 20.8 Å². The molecule has 2 N–H and O–H groups in total. The Labute approximate surface area is 197 Å². The van der Waals surface area contributed by atoms with Crippen molar-refractivity contribution in [3.05, 3.63) is 59.2 Å². The largest absolute Gasteiger partial charge is 0.467 e. The number of aromatic nitrogens is 4. The first kappa shape index (κ1) is 23.4. The molecule has 1 aliphatic heterocycles. The topological polar surface area (TPSA) is 108 Å². The molecule has 1 amide bonds. The van der Waals surface area contributed by atoms with E-state index in [4.69, 9.17) is 9.47 Å². The highest BCUT2D eigenvalue weighted by molar-refractivity contribution is 5.72. The van der Waals surface area contributed by atoms with E-state index < -0.39 is 23.6 Å². The quantitative estimate of drug-likeness (QED) is 0.541. The molecule has 1 unspecified atom stereocenters. The van der Waals surface area contributed by atoms with Gasteiger partial charge in [0.05, 0.1) is 31.1 Å². The molecule has 1 aromatic carbocycles. The minimum atomic E-state index is -0.722. The summed E-state index contributed by atoms with van der Waals surface area (Å²) >= 11 is 0. The lowest BCUT2D eigenvalue weighted by atomic mass is 10.0. The second-order valence-electron chi connectivity index (χ2n) is 8.79. The Hall–Kier alpha value is -3.73. The molecule has 11 heteroatoms. The first-order valence-corrected chi connectivity index (χ1v) is 10.8. The third-order valence-corrected chi connectivity index (χ3v) is 5.78. The smallest absolute Gasteiger partial charge is 0.411 e. The van der Waals surface area contributed by atoms with Crippen LogP contribution in [0.1, 0.15) is 36.8 Å². The fraction of sp³-hybridized carbons (Fsp3) is 0.391. The number of nitrogens with one attached hydrogen (secondary N) is 2. The number of rotatable bonds is 7. The number of hydrogen-bond acceptors (Lipinski definition) is 8. The number of halogens is 1. The SMILES string of the molecule is COc1ncc(F)c(Nc2n[nH]c3c2CN(C(=O)OC(CN(C)C)c2ccccc2)C3(C)C)n1. The van der Waals surface area contributed by atoms with Crippen LogP contribution in [0.2, 0.25) is 0 Å². The van der Waals surface area contributed by atoms with Gasteiger partial charge in [0.2, 0.25) is 0 Å². The van der Waals surface area contributed by atoms with Crippen LogP contribution in [0.3, 0.4) is 0 Å². The van der Waals surface area contributed by atoms with Crippen molar-refractivity contribution in [2.75, 3.05) is 33.1 Å². The fourth-order valence-electron chi connectivity index (χ4n) is 3.96. The number of hydrogen-bond donors (Lipinski definition) is 2. The average molecular weight is 470 g/mol. The van der Waals surface area contributed by atoms with E-state index in [1.807, 2.05) is 63.2 Å². The first-order chi connectivity index (χ1) is 16.2. The van der Waals surface area contributed by atoms with Gasteiger partial charge in [-0.1, -0.05) is 30.3 Å². The summed E-state index contributed by atoms with van der Waals surface area (Å²) in [5, 5.41) is 10.1. The lowest BCUT2D eigenvalue weighted by Gasteiger charge is -2.33. The highest BCUT2D eigenvalue weighted by Crippen LogP contribution is 2.42. The maximum atomic E-state index is 14.2. The van der Waals surface area contributed by atoms with Crippen molar-refractivity contribution in [3.8, 4) is 6.01 Å². The minimum Gasteiger partial charge on any atom is -0.467 e. The number of methoxy groups -OCH3 is 1. The zero-order valence-corrected chi connectivity index (χ0v) is 19.8. The number of amides is 1. The predicted octanol–water partition coefficient (Wildman–Crippen LogP) is 3.58. The summed E-state index contributed by atoms with van der Waals surface area (Å²) in [6.07, 6.45) is 0.131. The van der Waals surface area contributed by atoms with Gasteiger partial charge in [-0.15, -0.1) is 0 Å². The van der Waals surface area contributed by atoms with Crippen molar-refractivity contribution in [2.45, 2.75) is 32.0 Å². The number of carbonyl (C=O) groups excluding carboxylic acids is 1. The number of carbonyl (C=O) groups is 1. The van der Waals surface area contributed by atoms with Crippen molar-refractivity contribution in [2.24, 2.45) is 0 Å². The van der Waals surface area contributed by atoms with E-state index in [0.29, 0.717) is 12.4 Å². The number of likely N-dealkylation sites (N-methyl/N-ethyl adjacent to an activating group) is 1. The Morgan fingerprint density at radius 1 is 1.29 bits per heavy atom. The number of fused-ring (bicyclic) bond motifs is 1. The lowest BCUT2D eigenvalue weighted by molar-refractivity contribution is 0.0259. The van der Waals surface area contributed by atoms with Crippen LogP contribution in [0.25, 0.3) is 0 Å². The van der Waals surface area contributed by atoms with Gasteiger partial charge in [-0.25, -0.2) is 14.2 Å². The normalized spacial score (nSPS) is 15.2. The molecule has 0 saturated heterocycles. The maximum Gasteiger partial charge on any atom is 0.411 e. The van der Waals surface area contributed by atoms with Crippen molar-refractivity contribution in [1.29, 1.82) is 0 Å². The van der Waals surface area contributed by atoms with E-state index in [-0.39, 0.29) is 18.4 Å². The highest BCUT2D eigenvalue weighted by Gasteiger charge is 2.45. The molecule has 1 aliphatic rings. The molecular weight excluding hydrogens is 441 g/mol. The zero-order valence-electron chi connectivity index (χ0n) is 19.8. The Morgan fingerprint density at radius 3 is 2.71 bits per heavy atom. The number of H-pyrrole nitrogens is 1. The van der Waals surface area contributed by atoms with Crippen LogP contribution >= 0.6 is 0 Å². The molecule has 0 bridgehead atoms. The molecule has 34 heavy (non-hydrogen) atoms. The molecule has 0 saturated carbocycles. The second-order valence-corrected chi connectivity index (χ2v) is 8.79. The molecule has 0 radical (unpaired) electrons. The van der Waals surface area contributed by atoms with E-state index in [9.17, 15) is 9.18 Å². The van der Waals surface area contributed by atoms with E-state index in [2.05, 4.69) is 25.5 Å². The van der Waals surface area contributed by atoms with Gasteiger partial charge in [0.15, 0.2) is 17.5 Å². The fourth-order valence-corrected chi connectivity index (χ4v) is 3.96. The summed E-state index contributed by atoms with van der Waals surface area (Å²) < 4.78 is 25.2. The second kappa shape index (κ2) is 9.26. The minimum absolute atomic E-state index is 0.0226. The highest BCUT2D eigenvalue weighted by atomic mass is 19.1. The lowest BCUT2D eigenvalue weighted by Crippen LogP contribution is -2.42. The third kappa shape index (κ3) is 4.51. The summed E-state index contributed by atoms with van der Waals surface area (Å²) in [6, 6.07) is 9.66. The molecule has 4 rings (SSSR count). The zero-order chi connectivity index (χ0) is 24.5. The van der Waals surface area contributed by atoms with Gasteiger partial charge in [0, 0.05) is 12.1 Å². The van der Waals surface area contributed by atoms with Crippen molar-refractivity contribution in [3.63, 3.8) is 0 Å². The summed E-state index contributed by atoms with van der Waals surface area (Å²) in [7, 11) is 5.26. The molecule has 3 aromatic rings. The van der Waals surface area contributed by atoms with Crippen LogP contribution in [0, 0.1) is 5.82 Å². The van der Waals surface area contributed by atoms with Gasteiger partial charge < -0.3 is 19.7 Å². The number of aromatic amines is 1. The molecule has 0 spiro atoms. The number of ether oxygens (including phenoxy) is 2. The number of benzene rings is 1. The molecule has 3 heterocycles. The molecular formula is C23H28FN7O3. The van der Waals surface area contributed by atoms with Crippen LogP contribution in [0.15, 0.2) is 36.5 Å². The maximum absolute atomic E-state index is 14.2. The monoisotopic (exact) mass is 469 g/mol. The van der Waals surface area contributed by atoms with Crippen LogP contribution in [0.5, 0.6) is 6.01 Å². The van der Waals surface area contributed by atoms with E-state index >= 15 is 0 Å². The predicted molar refractivity (Wildman–Crippen MR) is 123 cm³/mol. The van der Waals surface area contributed by atoms with Crippen LogP contribution in [-0.2, 0) is 16.8 Å². The molecule has 1 atom stereocenters. The number of anilines is 2. The van der Waals surface area contributed by atoms with E-state index in [1.54, 1.807) is 4.90 Å². The van der Waals surface area contributed by atoms with Gasteiger partial charge in [-0.05, 0) is 33.5 Å². The molecule has 0 fully saturated rings. The van der Waals surface area contributed by atoms with Crippen LogP contribution in [-0.4, -0.2) is 63.8 Å². The Bertz CT molecular complexity index is 1170. The van der Waals surface area contributed by atoms with Gasteiger partial charge >= 0.3 is 12.1 Å². The molecule has 10 nitrogen and oxygen atoms in total. The number of nitrogens with zero attached hydrogens (tertiary/aromatic N) is 5. The Kier molecular flexibility index (Phi) is 6.38. The third-order valence-electron chi connectivity index (χ3n) is 5.78. The van der Waals surface area contributed by atoms with E-state index in [0.717, 1.165) is 23.0 Å². The molecule has 2 aromatic heterocycles. The summed E-state index contributed by atoms with van der Waals surface area (Å²) in [5.74, 6) is -0.360. The van der Waals surface area contributed by atoms with Crippen molar-refractivity contribution >= 4 is 17.7 Å². The average Bonchev–Trinajstić information content (AvgIpc) is 3.33. The molecule has 0 aliphatic carbocycles. The van der Waals surface area contributed by atoms with Gasteiger partial charge in [0.1, 0.15) is 6.10 Å². The van der Waals surface area contributed by atoms with Crippen molar-refractivity contribution in [1.82, 2.24) is 30.0 Å². The summed E-state index contributed by atoms with van der Waals surface area (Å²) in [5.41, 5.74) is 1.65. The Morgan fingerprint density at radius 2 is 2.03 bits per heavy atom. The van der Waals surface area contributed by atoms with Crippen molar-refractivity contribution < 1.29 is 18.7 Å². The summed E-state index contributed by atoms with van der Waals surface area (Å²) in [6.45, 7) is 4.57.